The van der Waals surface area contributed by atoms with Gasteiger partial charge in [-0.3, -0.25) is 4.79 Å². The molecule has 0 N–H and O–H groups in total. The molecule has 1 amide bonds. The van der Waals surface area contributed by atoms with Crippen LogP contribution >= 0.6 is 0 Å². The van der Waals surface area contributed by atoms with Crippen LogP contribution in [-0.4, -0.2) is 27.6 Å². The Bertz CT molecular complexity index is 922. The average molecular weight is 355 g/mol. The molecule has 134 valence electrons. The van der Waals surface area contributed by atoms with Gasteiger partial charge in [-0.25, -0.2) is 13.5 Å². The Morgan fingerprint density at radius 3 is 2.50 bits per heavy atom. The third kappa shape index (κ3) is 3.49. The Hall–Kier alpha value is -3.02. The van der Waals surface area contributed by atoms with E-state index < -0.39 is 11.6 Å². The van der Waals surface area contributed by atoms with E-state index in [0.29, 0.717) is 17.5 Å². The quantitative estimate of drug-likeness (QED) is 0.694. The van der Waals surface area contributed by atoms with Gasteiger partial charge >= 0.3 is 0 Å². The normalized spacial score (nSPS) is 10.8. The minimum Gasteiger partial charge on any atom is -0.337 e. The van der Waals surface area contributed by atoms with Crippen molar-refractivity contribution in [3.05, 3.63) is 83.2 Å². The molecule has 1 heterocycles. The molecule has 0 aliphatic heterocycles. The Labute approximate surface area is 150 Å². The maximum Gasteiger partial charge on any atom is 0.257 e. The van der Waals surface area contributed by atoms with Crippen molar-refractivity contribution in [2.45, 2.75) is 19.9 Å². The number of benzene rings is 2. The highest BCUT2D eigenvalue weighted by Crippen LogP contribution is 2.18. The molecule has 1 aromatic heterocycles. The van der Waals surface area contributed by atoms with Crippen LogP contribution in [0, 0.1) is 11.6 Å². The van der Waals surface area contributed by atoms with Crippen LogP contribution < -0.4 is 0 Å². The van der Waals surface area contributed by atoms with Gasteiger partial charge in [0.05, 0.1) is 23.1 Å². The molecule has 3 rings (SSSR count). The maximum absolute atomic E-state index is 13.4. The second-order valence-corrected chi connectivity index (χ2v) is 6.02. The minimum absolute atomic E-state index is 0.176. The number of nitrogens with zero attached hydrogens (tertiary/aromatic N) is 3. The van der Waals surface area contributed by atoms with Gasteiger partial charge in [0.15, 0.2) is 11.6 Å². The Morgan fingerprint density at radius 1 is 1.12 bits per heavy atom. The summed E-state index contributed by atoms with van der Waals surface area (Å²) in [7, 11) is 1.63. The number of amides is 1. The van der Waals surface area contributed by atoms with E-state index in [9.17, 15) is 13.6 Å². The molecule has 0 saturated heterocycles. The average Bonchev–Trinajstić information content (AvgIpc) is 3.08. The monoisotopic (exact) mass is 355 g/mol. The maximum atomic E-state index is 13.4. The Morgan fingerprint density at radius 2 is 1.85 bits per heavy atom. The second kappa shape index (κ2) is 7.47. The van der Waals surface area contributed by atoms with Crippen molar-refractivity contribution in [1.29, 1.82) is 0 Å². The lowest BCUT2D eigenvalue weighted by molar-refractivity contribution is 0.0784. The number of rotatable bonds is 5. The predicted octanol–water partition coefficient (Wildman–Crippen LogP) is 3.99. The highest BCUT2D eigenvalue weighted by atomic mass is 19.2. The fraction of sp³-hybridized carbons (Fsp3) is 0.200. The van der Waals surface area contributed by atoms with Gasteiger partial charge in [-0.2, -0.15) is 5.10 Å². The highest BCUT2D eigenvalue weighted by Gasteiger charge is 2.20. The fourth-order valence-corrected chi connectivity index (χ4v) is 2.87. The van der Waals surface area contributed by atoms with Crippen LogP contribution in [0.1, 0.15) is 28.5 Å². The molecule has 0 atom stereocenters. The number of carbonyl (C=O) groups is 1. The van der Waals surface area contributed by atoms with E-state index in [4.69, 9.17) is 0 Å². The zero-order valence-electron chi connectivity index (χ0n) is 14.6. The van der Waals surface area contributed by atoms with Gasteiger partial charge in [0, 0.05) is 13.6 Å². The molecule has 0 bridgehead atoms. The molecule has 0 saturated carbocycles. The van der Waals surface area contributed by atoms with Crippen LogP contribution in [0.5, 0.6) is 0 Å². The summed E-state index contributed by atoms with van der Waals surface area (Å²) in [6.45, 7) is 2.14. The van der Waals surface area contributed by atoms with Crippen molar-refractivity contribution in [2.24, 2.45) is 0 Å². The van der Waals surface area contributed by atoms with E-state index in [1.807, 2.05) is 37.3 Å². The summed E-state index contributed by atoms with van der Waals surface area (Å²) in [5.74, 6) is -2.04. The molecule has 0 fully saturated rings. The SMILES string of the molecule is CCc1c(C(=O)N(C)Cc2ccc(F)c(F)c2)cnn1-c1ccccc1. The zero-order valence-corrected chi connectivity index (χ0v) is 14.6. The zero-order chi connectivity index (χ0) is 18.7. The van der Waals surface area contributed by atoms with Crippen molar-refractivity contribution in [3.8, 4) is 5.69 Å². The largest absolute Gasteiger partial charge is 0.337 e. The van der Waals surface area contributed by atoms with Gasteiger partial charge in [0.1, 0.15) is 0 Å². The summed E-state index contributed by atoms with van der Waals surface area (Å²) in [6.07, 6.45) is 2.19. The molecule has 0 spiro atoms. The standard InChI is InChI=1S/C20H19F2N3O/c1-3-19-16(12-23-25(19)15-7-5-4-6-8-15)20(26)24(2)13-14-9-10-17(21)18(22)11-14/h4-12H,3,13H2,1-2H3. The van der Waals surface area contributed by atoms with Crippen molar-refractivity contribution >= 4 is 5.91 Å². The third-order valence-corrected chi connectivity index (χ3v) is 4.19. The molecular formula is C20H19F2N3O. The number of para-hydroxylation sites is 1. The van der Waals surface area contributed by atoms with Gasteiger partial charge in [-0.1, -0.05) is 31.2 Å². The minimum atomic E-state index is -0.922. The number of carbonyl (C=O) groups excluding carboxylic acids is 1. The number of hydrogen-bond acceptors (Lipinski definition) is 2. The molecule has 2 aromatic carbocycles. The van der Waals surface area contributed by atoms with Crippen LogP contribution in [0.4, 0.5) is 8.78 Å². The first-order valence-electron chi connectivity index (χ1n) is 8.33. The molecule has 0 radical (unpaired) electrons. The van der Waals surface area contributed by atoms with Gasteiger partial charge in [-0.05, 0) is 36.2 Å². The predicted molar refractivity (Wildman–Crippen MR) is 95.1 cm³/mol. The number of hydrogen-bond donors (Lipinski definition) is 0. The Kier molecular flexibility index (Phi) is 5.11. The fourth-order valence-electron chi connectivity index (χ4n) is 2.87. The van der Waals surface area contributed by atoms with Gasteiger partial charge in [0.2, 0.25) is 0 Å². The lowest BCUT2D eigenvalue weighted by Crippen LogP contribution is -2.27. The van der Waals surface area contributed by atoms with E-state index in [0.717, 1.165) is 23.5 Å². The third-order valence-electron chi connectivity index (χ3n) is 4.19. The first-order chi connectivity index (χ1) is 12.5. The van der Waals surface area contributed by atoms with Crippen molar-refractivity contribution in [3.63, 3.8) is 0 Å². The molecule has 0 unspecified atom stereocenters. The first kappa shape index (κ1) is 17.8. The highest BCUT2D eigenvalue weighted by molar-refractivity contribution is 5.95. The van der Waals surface area contributed by atoms with Crippen molar-refractivity contribution < 1.29 is 13.6 Å². The summed E-state index contributed by atoms with van der Waals surface area (Å²) in [5.41, 5.74) is 2.71. The Balaban J connectivity index is 1.85. The van der Waals surface area contributed by atoms with Crippen LogP contribution in [0.25, 0.3) is 5.69 Å². The van der Waals surface area contributed by atoms with E-state index >= 15 is 0 Å². The topological polar surface area (TPSA) is 38.1 Å². The molecule has 4 nitrogen and oxygen atoms in total. The smallest absolute Gasteiger partial charge is 0.257 e. The second-order valence-electron chi connectivity index (χ2n) is 6.02. The van der Waals surface area contributed by atoms with Crippen molar-refractivity contribution in [2.75, 3.05) is 7.05 Å². The first-order valence-corrected chi connectivity index (χ1v) is 8.33. The summed E-state index contributed by atoms with van der Waals surface area (Å²) >= 11 is 0. The van der Waals surface area contributed by atoms with Gasteiger partial charge < -0.3 is 4.90 Å². The molecule has 26 heavy (non-hydrogen) atoms. The molecule has 6 heteroatoms. The molecular weight excluding hydrogens is 336 g/mol. The van der Waals surface area contributed by atoms with Crippen LogP contribution in [0.2, 0.25) is 0 Å². The summed E-state index contributed by atoms with van der Waals surface area (Å²) < 4.78 is 28.2. The summed E-state index contributed by atoms with van der Waals surface area (Å²) in [4.78, 5) is 14.3. The molecule has 3 aromatic rings. The van der Waals surface area contributed by atoms with Crippen molar-refractivity contribution in [1.82, 2.24) is 14.7 Å². The summed E-state index contributed by atoms with van der Waals surface area (Å²) in [5, 5.41) is 4.35. The van der Waals surface area contributed by atoms with Gasteiger partial charge in [0.25, 0.3) is 5.91 Å². The van der Waals surface area contributed by atoms with E-state index in [1.165, 1.54) is 11.0 Å². The van der Waals surface area contributed by atoms with E-state index in [1.54, 1.807) is 17.9 Å². The molecule has 0 aliphatic rings. The number of halogens is 2. The van der Waals surface area contributed by atoms with Crippen LogP contribution in [0.15, 0.2) is 54.7 Å². The lowest BCUT2D eigenvalue weighted by atomic mass is 10.1. The van der Waals surface area contributed by atoms with Crippen LogP contribution in [0.3, 0.4) is 0 Å². The molecule has 0 aliphatic carbocycles. The van der Waals surface area contributed by atoms with Crippen LogP contribution in [-0.2, 0) is 13.0 Å². The van der Waals surface area contributed by atoms with E-state index in [2.05, 4.69) is 5.10 Å². The summed E-state index contributed by atoms with van der Waals surface area (Å²) in [6, 6.07) is 13.2. The number of aromatic nitrogens is 2. The van der Waals surface area contributed by atoms with Gasteiger partial charge in [-0.15, -0.1) is 0 Å². The van der Waals surface area contributed by atoms with E-state index in [-0.39, 0.29) is 12.5 Å². The lowest BCUT2D eigenvalue weighted by Gasteiger charge is -2.18.